The minimum absolute atomic E-state index is 0.0510. The molecule has 0 aliphatic rings. The number of benzene rings is 1. The Kier molecular flexibility index (Phi) is 3.67. The second-order valence-electron chi connectivity index (χ2n) is 3.81. The lowest BCUT2D eigenvalue weighted by atomic mass is 9.86. The maximum Gasteiger partial charge on any atom is 0.306 e. The summed E-state index contributed by atoms with van der Waals surface area (Å²) in [6, 6.07) is 9.69. The van der Waals surface area contributed by atoms with Gasteiger partial charge in [-0.05, 0) is 17.1 Å². The second-order valence-corrected chi connectivity index (χ2v) is 3.81. The Morgan fingerprint density at radius 1 is 1.20 bits per heavy atom. The van der Waals surface area contributed by atoms with E-state index in [2.05, 4.69) is 6.58 Å². The van der Waals surface area contributed by atoms with Crippen LogP contribution >= 0.6 is 0 Å². The second kappa shape index (κ2) is 4.78. The van der Waals surface area contributed by atoms with Gasteiger partial charge in [0.05, 0.1) is 5.92 Å². The summed E-state index contributed by atoms with van der Waals surface area (Å²) in [6.45, 7) is 7.57. The van der Waals surface area contributed by atoms with E-state index in [0.717, 1.165) is 11.1 Å². The number of hydrogen-bond donors (Lipinski definition) is 1. The fourth-order valence-corrected chi connectivity index (χ4v) is 1.43. The standard InChI is InChI=1S/C13H16O2/c1-9(11(3)13(14)15)10(2)12-7-5-4-6-8-12/h4-9,11H,2H2,1,3H3,(H,14,15)/t9-,11+/m1/s1. The number of hydrogen-bond acceptors (Lipinski definition) is 1. The van der Waals surface area contributed by atoms with E-state index in [1.807, 2.05) is 37.3 Å². The molecule has 0 bridgehead atoms. The molecule has 0 fully saturated rings. The molecule has 0 aliphatic heterocycles. The molecule has 0 saturated carbocycles. The average molecular weight is 204 g/mol. The summed E-state index contributed by atoms with van der Waals surface area (Å²) in [5.74, 6) is -1.23. The highest BCUT2D eigenvalue weighted by Gasteiger charge is 2.22. The molecule has 0 saturated heterocycles. The first-order valence-corrected chi connectivity index (χ1v) is 5.01. The monoisotopic (exact) mass is 204 g/mol. The van der Waals surface area contributed by atoms with E-state index in [1.165, 1.54) is 0 Å². The summed E-state index contributed by atoms with van der Waals surface area (Å²) in [4.78, 5) is 10.8. The summed E-state index contributed by atoms with van der Waals surface area (Å²) < 4.78 is 0. The molecule has 0 aliphatic carbocycles. The van der Waals surface area contributed by atoms with Gasteiger partial charge in [0.1, 0.15) is 0 Å². The van der Waals surface area contributed by atoms with Gasteiger partial charge in [-0.2, -0.15) is 0 Å². The van der Waals surface area contributed by atoms with Crippen molar-refractivity contribution in [2.24, 2.45) is 11.8 Å². The molecular formula is C13H16O2. The molecule has 0 radical (unpaired) electrons. The third kappa shape index (κ3) is 2.69. The minimum Gasteiger partial charge on any atom is -0.481 e. The quantitative estimate of drug-likeness (QED) is 0.818. The van der Waals surface area contributed by atoms with Crippen molar-refractivity contribution in [3.8, 4) is 0 Å². The topological polar surface area (TPSA) is 37.3 Å². The van der Waals surface area contributed by atoms with Crippen LogP contribution < -0.4 is 0 Å². The van der Waals surface area contributed by atoms with E-state index < -0.39 is 11.9 Å². The highest BCUT2D eigenvalue weighted by Crippen LogP contribution is 2.27. The number of carboxylic acids is 1. The highest BCUT2D eigenvalue weighted by molar-refractivity contribution is 5.75. The van der Waals surface area contributed by atoms with Crippen LogP contribution in [0.3, 0.4) is 0 Å². The molecule has 0 heterocycles. The van der Waals surface area contributed by atoms with Crippen molar-refractivity contribution in [1.82, 2.24) is 0 Å². The largest absolute Gasteiger partial charge is 0.481 e. The third-order valence-electron chi connectivity index (χ3n) is 2.83. The first kappa shape index (κ1) is 11.5. The molecule has 80 valence electrons. The van der Waals surface area contributed by atoms with Gasteiger partial charge in [0.25, 0.3) is 0 Å². The molecule has 2 nitrogen and oxygen atoms in total. The normalized spacial score (nSPS) is 14.3. The predicted molar refractivity (Wildman–Crippen MR) is 61.4 cm³/mol. The summed E-state index contributed by atoms with van der Waals surface area (Å²) in [6.07, 6.45) is 0. The van der Waals surface area contributed by atoms with Crippen LogP contribution in [0.4, 0.5) is 0 Å². The van der Waals surface area contributed by atoms with Crippen molar-refractivity contribution in [3.63, 3.8) is 0 Å². The molecule has 0 amide bonds. The van der Waals surface area contributed by atoms with Crippen LogP contribution in [-0.4, -0.2) is 11.1 Å². The molecule has 2 atom stereocenters. The van der Waals surface area contributed by atoms with Gasteiger partial charge >= 0.3 is 5.97 Å². The van der Waals surface area contributed by atoms with Gasteiger partial charge < -0.3 is 5.11 Å². The van der Waals surface area contributed by atoms with Crippen molar-refractivity contribution in [2.45, 2.75) is 13.8 Å². The molecule has 1 aromatic rings. The lowest BCUT2D eigenvalue weighted by Gasteiger charge is -2.18. The fraction of sp³-hybridized carbons (Fsp3) is 0.308. The lowest BCUT2D eigenvalue weighted by molar-refractivity contribution is -0.142. The van der Waals surface area contributed by atoms with Crippen LogP contribution in [0.25, 0.3) is 5.57 Å². The molecular weight excluding hydrogens is 188 g/mol. The molecule has 2 heteroatoms. The number of carbonyl (C=O) groups is 1. The maximum absolute atomic E-state index is 10.8. The van der Waals surface area contributed by atoms with E-state index in [-0.39, 0.29) is 5.92 Å². The van der Waals surface area contributed by atoms with E-state index in [9.17, 15) is 4.79 Å². The summed E-state index contributed by atoms with van der Waals surface area (Å²) in [5.41, 5.74) is 1.89. The SMILES string of the molecule is C=C(c1ccccc1)[C@@H](C)[C@H](C)C(=O)O. The lowest BCUT2D eigenvalue weighted by Crippen LogP contribution is -2.18. The van der Waals surface area contributed by atoms with E-state index in [1.54, 1.807) is 6.92 Å². The van der Waals surface area contributed by atoms with Gasteiger partial charge in [0, 0.05) is 0 Å². The fourth-order valence-electron chi connectivity index (χ4n) is 1.43. The molecule has 1 aromatic carbocycles. The molecule has 1 rings (SSSR count). The zero-order valence-corrected chi connectivity index (χ0v) is 9.10. The smallest absolute Gasteiger partial charge is 0.306 e. The van der Waals surface area contributed by atoms with E-state index in [0.29, 0.717) is 0 Å². The minimum atomic E-state index is -0.778. The predicted octanol–water partition coefficient (Wildman–Crippen LogP) is 3.06. The molecule has 0 unspecified atom stereocenters. The van der Waals surface area contributed by atoms with Crippen LogP contribution in [-0.2, 0) is 4.79 Å². The zero-order chi connectivity index (χ0) is 11.4. The van der Waals surface area contributed by atoms with Crippen molar-refractivity contribution in [2.75, 3.05) is 0 Å². The van der Waals surface area contributed by atoms with Crippen LogP contribution in [0.5, 0.6) is 0 Å². The van der Waals surface area contributed by atoms with Crippen molar-refractivity contribution in [1.29, 1.82) is 0 Å². The van der Waals surface area contributed by atoms with Gasteiger partial charge in [-0.15, -0.1) is 0 Å². The van der Waals surface area contributed by atoms with Crippen LogP contribution in [0.1, 0.15) is 19.4 Å². The van der Waals surface area contributed by atoms with Gasteiger partial charge in [-0.3, -0.25) is 4.79 Å². The highest BCUT2D eigenvalue weighted by atomic mass is 16.4. The Bertz CT molecular complexity index is 354. The number of carboxylic acid groups (broad SMARTS) is 1. The molecule has 1 N–H and O–H groups in total. The van der Waals surface area contributed by atoms with E-state index in [4.69, 9.17) is 5.11 Å². The Morgan fingerprint density at radius 3 is 2.20 bits per heavy atom. The first-order valence-electron chi connectivity index (χ1n) is 5.01. The van der Waals surface area contributed by atoms with Crippen molar-refractivity contribution >= 4 is 11.5 Å². The molecule has 0 spiro atoms. The summed E-state index contributed by atoms with van der Waals surface area (Å²) in [5, 5.41) is 8.91. The van der Waals surface area contributed by atoms with Crippen LogP contribution in [0.2, 0.25) is 0 Å². The molecule has 15 heavy (non-hydrogen) atoms. The Labute approximate surface area is 90.3 Å². The Hall–Kier alpha value is -1.57. The zero-order valence-electron chi connectivity index (χ0n) is 9.10. The van der Waals surface area contributed by atoms with Crippen LogP contribution in [0.15, 0.2) is 36.9 Å². The average Bonchev–Trinajstić information content (AvgIpc) is 2.27. The number of rotatable bonds is 4. The first-order chi connectivity index (χ1) is 7.04. The van der Waals surface area contributed by atoms with Gasteiger partial charge in [-0.25, -0.2) is 0 Å². The van der Waals surface area contributed by atoms with Crippen LogP contribution in [0, 0.1) is 11.8 Å². The van der Waals surface area contributed by atoms with Gasteiger partial charge in [0.2, 0.25) is 0 Å². The van der Waals surface area contributed by atoms with Gasteiger partial charge in [0.15, 0.2) is 0 Å². The third-order valence-corrected chi connectivity index (χ3v) is 2.83. The number of allylic oxidation sites excluding steroid dienone is 1. The summed E-state index contributed by atoms with van der Waals surface area (Å²) >= 11 is 0. The maximum atomic E-state index is 10.8. The Morgan fingerprint density at radius 2 is 1.73 bits per heavy atom. The number of aliphatic carboxylic acids is 1. The van der Waals surface area contributed by atoms with Crippen molar-refractivity contribution < 1.29 is 9.90 Å². The van der Waals surface area contributed by atoms with Crippen molar-refractivity contribution in [3.05, 3.63) is 42.5 Å². The molecule has 0 aromatic heterocycles. The van der Waals surface area contributed by atoms with E-state index >= 15 is 0 Å². The van der Waals surface area contributed by atoms with Gasteiger partial charge in [-0.1, -0.05) is 50.8 Å². The Balaban J connectivity index is 2.82. The summed E-state index contributed by atoms with van der Waals surface area (Å²) in [7, 11) is 0.